The molecule has 2 N–H and O–H groups in total. The van der Waals surface area contributed by atoms with Gasteiger partial charge in [0.1, 0.15) is 5.82 Å². The quantitative estimate of drug-likeness (QED) is 0.816. The third-order valence-corrected chi connectivity index (χ3v) is 2.65. The molecule has 0 radical (unpaired) electrons. The first-order chi connectivity index (χ1) is 9.27. The number of carbonyl (C=O) groups is 1. The van der Waals surface area contributed by atoms with Gasteiger partial charge in [0.15, 0.2) is 0 Å². The van der Waals surface area contributed by atoms with Crippen LogP contribution in [0.15, 0.2) is 22.7 Å². The molecule has 10 heteroatoms. The molecule has 1 aromatic heterocycles. The lowest BCUT2D eigenvalue weighted by atomic mass is 10.2. The van der Waals surface area contributed by atoms with Crippen LogP contribution >= 0.6 is 15.9 Å². The van der Waals surface area contributed by atoms with Gasteiger partial charge in [-0.3, -0.25) is 15.2 Å². The minimum absolute atomic E-state index is 0.341. The number of aromatic nitrogens is 3. The van der Waals surface area contributed by atoms with Crippen LogP contribution in [0.1, 0.15) is 16.2 Å². The molecule has 1 heterocycles. The molecule has 1 amide bonds. The van der Waals surface area contributed by atoms with E-state index in [1.54, 1.807) is 5.10 Å². The number of benzene rings is 1. The second-order valence-corrected chi connectivity index (χ2v) is 4.50. The second kappa shape index (κ2) is 5.19. The number of hydrogen-bond donors (Lipinski definition) is 2. The van der Waals surface area contributed by atoms with Crippen molar-refractivity contribution < 1.29 is 22.4 Å². The zero-order chi connectivity index (χ0) is 14.9. The van der Waals surface area contributed by atoms with Gasteiger partial charge in [0.25, 0.3) is 5.91 Å². The van der Waals surface area contributed by atoms with Crippen LogP contribution in [-0.4, -0.2) is 21.1 Å². The summed E-state index contributed by atoms with van der Waals surface area (Å²) in [5, 5.41) is 6.76. The molecule has 20 heavy (non-hydrogen) atoms. The summed E-state index contributed by atoms with van der Waals surface area (Å²) < 4.78 is 50.7. The molecule has 0 bridgehead atoms. The number of hydrogen-bond acceptors (Lipinski definition) is 3. The molecule has 0 aliphatic rings. The number of rotatable bonds is 2. The van der Waals surface area contributed by atoms with Gasteiger partial charge in [-0.1, -0.05) is 15.9 Å². The Labute approximate surface area is 117 Å². The number of nitrogens with one attached hydrogen (secondary N) is 2. The van der Waals surface area contributed by atoms with Crippen LogP contribution in [0, 0.1) is 5.82 Å². The third-order valence-electron chi connectivity index (χ3n) is 2.16. The molecule has 2 rings (SSSR count). The zero-order valence-corrected chi connectivity index (χ0v) is 11.0. The number of anilines is 1. The lowest BCUT2D eigenvalue weighted by Crippen LogP contribution is -2.15. The molecule has 1 aromatic carbocycles. The van der Waals surface area contributed by atoms with E-state index in [0.29, 0.717) is 4.47 Å². The van der Waals surface area contributed by atoms with Crippen molar-refractivity contribution >= 4 is 27.8 Å². The van der Waals surface area contributed by atoms with Crippen molar-refractivity contribution in [2.75, 3.05) is 5.32 Å². The van der Waals surface area contributed by atoms with Gasteiger partial charge >= 0.3 is 6.18 Å². The highest BCUT2D eigenvalue weighted by atomic mass is 79.9. The number of nitrogens with zero attached hydrogens (tertiary/aromatic N) is 2. The van der Waals surface area contributed by atoms with Crippen LogP contribution in [-0.2, 0) is 6.18 Å². The first-order valence-electron chi connectivity index (χ1n) is 5.03. The molecular formula is C10H5BrF4N4O. The van der Waals surface area contributed by atoms with Crippen molar-refractivity contribution in [2.45, 2.75) is 6.18 Å². The Morgan fingerprint density at radius 1 is 1.35 bits per heavy atom. The number of H-pyrrole nitrogens is 1. The van der Waals surface area contributed by atoms with Crippen molar-refractivity contribution in [3.63, 3.8) is 0 Å². The molecule has 106 valence electrons. The predicted octanol–water partition coefficient (Wildman–Crippen LogP) is 2.98. The van der Waals surface area contributed by atoms with Crippen LogP contribution in [0.2, 0.25) is 0 Å². The molecule has 0 unspecified atom stereocenters. The monoisotopic (exact) mass is 352 g/mol. The molecule has 0 aliphatic carbocycles. The van der Waals surface area contributed by atoms with Gasteiger partial charge in [0.05, 0.1) is 5.56 Å². The van der Waals surface area contributed by atoms with Crippen molar-refractivity contribution in [1.29, 1.82) is 0 Å². The van der Waals surface area contributed by atoms with Gasteiger partial charge < -0.3 is 0 Å². The van der Waals surface area contributed by atoms with Crippen molar-refractivity contribution in [3.8, 4) is 0 Å². The first kappa shape index (κ1) is 14.4. The maximum atomic E-state index is 13.5. The van der Waals surface area contributed by atoms with E-state index in [4.69, 9.17) is 0 Å². The smallest absolute Gasteiger partial charge is 0.289 e. The third kappa shape index (κ3) is 3.13. The van der Waals surface area contributed by atoms with Crippen molar-refractivity contribution in [2.24, 2.45) is 0 Å². The molecule has 0 fully saturated rings. The SMILES string of the molecule is O=C(Nc1n[nH]c(C(F)(F)F)n1)c1ccc(Br)cc1F. The van der Waals surface area contributed by atoms with Crippen molar-refractivity contribution in [1.82, 2.24) is 15.2 Å². The zero-order valence-electron chi connectivity index (χ0n) is 9.42. The highest BCUT2D eigenvalue weighted by molar-refractivity contribution is 9.10. The summed E-state index contributed by atoms with van der Waals surface area (Å²) >= 11 is 3.01. The van der Waals surface area contributed by atoms with Gasteiger partial charge in [-0.25, -0.2) is 4.39 Å². The van der Waals surface area contributed by atoms with Crippen LogP contribution in [0.3, 0.4) is 0 Å². The van der Waals surface area contributed by atoms with E-state index in [1.165, 1.54) is 12.1 Å². The molecule has 0 spiro atoms. The highest BCUT2D eigenvalue weighted by Gasteiger charge is 2.35. The first-order valence-corrected chi connectivity index (χ1v) is 5.82. The minimum Gasteiger partial charge on any atom is -0.289 e. The largest absolute Gasteiger partial charge is 0.451 e. The Morgan fingerprint density at radius 2 is 2.05 bits per heavy atom. The molecular weight excluding hydrogens is 348 g/mol. The molecule has 5 nitrogen and oxygen atoms in total. The van der Waals surface area contributed by atoms with Crippen LogP contribution in [0.4, 0.5) is 23.5 Å². The van der Waals surface area contributed by atoms with Gasteiger partial charge in [-0.15, -0.1) is 5.10 Å². The maximum Gasteiger partial charge on any atom is 0.451 e. The number of carbonyl (C=O) groups excluding carboxylic acids is 1. The fraction of sp³-hybridized carbons (Fsp3) is 0.100. The Hall–Kier alpha value is -1.97. The van der Waals surface area contributed by atoms with E-state index in [0.717, 1.165) is 6.07 Å². The summed E-state index contributed by atoms with van der Waals surface area (Å²) in [4.78, 5) is 14.7. The fourth-order valence-corrected chi connectivity index (χ4v) is 1.62. The molecule has 2 aromatic rings. The van der Waals surface area contributed by atoms with Crippen LogP contribution < -0.4 is 5.32 Å². The summed E-state index contributed by atoms with van der Waals surface area (Å²) in [5.74, 6) is -3.74. The summed E-state index contributed by atoms with van der Waals surface area (Å²) in [6, 6.07) is 3.64. The number of halogens is 5. The van der Waals surface area contributed by atoms with E-state index in [1.807, 2.05) is 5.32 Å². The summed E-state index contributed by atoms with van der Waals surface area (Å²) in [6.45, 7) is 0. The van der Waals surface area contributed by atoms with Crippen LogP contribution in [0.25, 0.3) is 0 Å². The standard InChI is InChI=1S/C10H5BrF4N4O/c11-4-1-2-5(6(12)3-4)7(20)16-9-17-8(18-19-9)10(13,14)15/h1-3H,(H2,16,17,18,19,20). The molecule has 0 saturated carbocycles. The van der Waals surface area contributed by atoms with Gasteiger partial charge in [0, 0.05) is 4.47 Å². The average Bonchev–Trinajstić information content (AvgIpc) is 2.76. The van der Waals surface area contributed by atoms with Gasteiger partial charge in [-0.2, -0.15) is 18.2 Å². The normalized spacial score (nSPS) is 11.4. The maximum absolute atomic E-state index is 13.5. The summed E-state index contributed by atoms with van der Waals surface area (Å²) in [7, 11) is 0. The lowest BCUT2D eigenvalue weighted by Gasteiger charge is -2.03. The Morgan fingerprint density at radius 3 is 2.60 bits per heavy atom. The highest BCUT2D eigenvalue weighted by Crippen LogP contribution is 2.26. The fourth-order valence-electron chi connectivity index (χ4n) is 1.29. The number of amides is 1. The predicted molar refractivity (Wildman–Crippen MR) is 63.4 cm³/mol. The Bertz CT molecular complexity index is 655. The topological polar surface area (TPSA) is 70.7 Å². The van der Waals surface area contributed by atoms with E-state index >= 15 is 0 Å². The number of alkyl halides is 3. The van der Waals surface area contributed by atoms with E-state index in [-0.39, 0.29) is 5.56 Å². The molecule has 0 aliphatic heterocycles. The van der Waals surface area contributed by atoms with Crippen molar-refractivity contribution in [3.05, 3.63) is 39.9 Å². The van der Waals surface area contributed by atoms with Gasteiger partial charge in [-0.05, 0) is 18.2 Å². The number of aromatic amines is 1. The van der Waals surface area contributed by atoms with E-state index in [2.05, 4.69) is 26.0 Å². The Kier molecular flexibility index (Phi) is 3.75. The molecule has 0 saturated heterocycles. The average molecular weight is 353 g/mol. The Balaban J connectivity index is 2.17. The minimum atomic E-state index is -4.71. The lowest BCUT2D eigenvalue weighted by molar-refractivity contribution is -0.144. The second-order valence-electron chi connectivity index (χ2n) is 3.58. The van der Waals surface area contributed by atoms with Crippen LogP contribution in [0.5, 0.6) is 0 Å². The summed E-state index contributed by atoms with van der Waals surface area (Å²) in [6.07, 6.45) is -4.71. The van der Waals surface area contributed by atoms with Gasteiger partial charge in [0.2, 0.25) is 11.8 Å². The van der Waals surface area contributed by atoms with E-state index in [9.17, 15) is 22.4 Å². The molecule has 0 atom stereocenters. The van der Waals surface area contributed by atoms with E-state index < -0.39 is 29.7 Å². The summed E-state index contributed by atoms with van der Waals surface area (Å²) in [5.41, 5.74) is -0.341.